The molecule has 0 saturated carbocycles. The molecule has 0 aromatic heterocycles. The van der Waals surface area contributed by atoms with Gasteiger partial charge in [-0.05, 0) is 30.3 Å². The fraction of sp³-hybridized carbons (Fsp3) is 0.211. The van der Waals surface area contributed by atoms with Crippen LogP contribution < -0.4 is 9.64 Å². The largest absolute Gasteiger partial charge is 0.496 e. The summed E-state index contributed by atoms with van der Waals surface area (Å²) < 4.78 is 10.2. The molecule has 0 unspecified atom stereocenters. The molecule has 2 aromatic rings. The van der Waals surface area contributed by atoms with Crippen LogP contribution in [0.2, 0.25) is 5.02 Å². The highest BCUT2D eigenvalue weighted by atomic mass is 35.5. The number of benzene rings is 2. The van der Waals surface area contributed by atoms with E-state index in [1.807, 2.05) is 12.1 Å². The van der Waals surface area contributed by atoms with Crippen molar-refractivity contribution in [3.8, 4) is 11.8 Å². The first-order chi connectivity index (χ1) is 12.6. The maximum Gasteiger partial charge on any atom is 0.342 e. The first kappa shape index (κ1) is 19.3. The number of amides is 1. The Hall–Kier alpha value is -3.04. The number of para-hydroxylation sites is 1. The van der Waals surface area contributed by atoms with Crippen LogP contribution in [-0.4, -0.2) is 32.1 Å². The molecule has 0 aliphatic carbocycles. The average molecular weight is 373 g/mol. The minimum atomic E-state index is -0.717. The van der Waals surface area contributed by atoms with Gasteiger partial charge in [-0.2, -0.15) is 5.26 Å². The SMILES string of the molecule is COc1ccc(Cl)cc1C(=O)OCC(=O)N(CCC#N)c1ccccc1. The molecule has 0 radical (unpaired) electrons. The Labute approximate surface area is 156 Å². The molecule has 0 atom stereocenters. The normalized spacial score (nSPS) is 9.88. The van der Waals surface area contributed by atoms with Crippen LogP contribution in [0, 0.1) is 11.3 Å². The molecule has 0 bridgehead atoms. The van der Waals surface area contributed by atoms with Crippen LogP contribution in [0.25, 0.3) is 0 Å². The van der Waals surface area contributed by atoms with Crippen molar-refractivity contribution in [1.82, 2.24) is 0 Å². The molecule has 0 aliphatic rings. The van der Waals surface area contributed by atoms with Crippen molar-refractivity contribution in [2.24, 2.45) is 0 Å². The number of hydrogen-bond acceptors (Lipinski definition) is 5. The van der Waals surface area contributed by atoms with Gasteiger partial charge < -0.3 is 14.4 Å². The zero-order valence-corrected chi connectivity index (χ0v) is 14.9. The quantitative estimate of drug-likeness (QED) is 0.695. The number of hydrogen-bond donors (Lipinski definition) is 0. The summed E-state index contributed by atoms with van der Waals surface area (Å²) in [5, 5.41) is 9.15. The molecule has 1 amide bonds. The third kappa shape index (κ3) is 4.98. The second-order valence-electron chi connectivity index (χ2n) is 5.21. The van der Waals surface area contributed by atoms with E-state index in [0.29, 0.717) is 16.5 Å². The first-order valence-corrected chi connectivity index (χ1v) is 8.17. The van der Waals surface area contributed by atoms with Crippen LogP contribution in [0.3, 0.4) is 0 Å². The molecule has 2 aromatic carbocycles. The van der Waals surface area contributed by atoms with E-state index < -0.39 is 18.5 Å². The molecule has 0 fully saturated rings. The van der Waals surface area contributed by atoms with Crippen LogP contribution in [-0.2, 0) is 9.53 Å². The molecule has 0 aliphatic heterocycles. The minimum Gasteiger partial charge on any atom is -0.496 e. The van der Waals surface area contributed by atoms with Gasteiger partial charge in [0.1, 0.15) is 11.3 Å². The Morgan fingerprint density at radius 2 is 1.92 bits per heavy atom. The van der Waals surface area contributed by atoms with Gasteiger partial charge in [-0.15, -0.1) is 0 Å². The predicted molar refractivity (Wildman–Crippen MR) is 97.3 cm³/mol. The van der Waals surface area contributed by atoms with Gasteiger partial charge in [0.2, 0.25) is 0 Å². The molecular formula is C19H17ClN2O4. The molecule has 26 heavy (non-hydrogen) atoms. The molecular weight excluding hydrogens is 356 g/mol. The van der Waals surface area contributed by atoms with Crippen LogP contribution in [0.4, 0.5) is 5.69 Å². The van der Waals surface area contributed by atoms with E-state index in [0.717, 1.165) is 0 Å². The lowest BCUT2D eigenvalue weighted by Crippen LogP contribution is -2.35. The molecule has 134 valence electrons. The highest BCUT2D eigenvalue weighted by Crippen LogP contribution is 2.23. The van der Waals surface area contributed by atoms with E-state index >= 15 is 0 Å². The topological polar surface area (TPSA) is 79.6 Å². The Bertz CT molecular complexity index is 818. The third-order valence-corrected chi connectivity index (χ3v) is 3.76. The number of ether oxygens (including phenoxy) is 2. The van der Waals surface area contributed by atoms with Crippen LogP contribution in [0.1, 0.15) is 16.8 Å². The van der Waals surface area contributed by atoms with Gasteiger partial charge in [-0.3, -0.25) is 4.79 Å². The Morgan fingerprint density at radius 1 is 1.19 bits per heavy atom. The van der Waals surface area contributed by atoms with E-state index in [4.69, 9.17) is 26.3 Å². The van der Waals surface area contributed by atoms with Crippen molar-refractivity contribution in [2.45, 2.75) is 6.42 Å². The highest BCUT2D eigenvalue weighted by molar-refractivity contribution is 6.31. The lowest BCUT2D eigenvalue weighted by Gasteiger charge is -2.21. The van der Waals surface area contributed by atoms with E-state index in [9.17, 15) is 9.59 Å². The fourth-order valence-electron chi connectivity index (χ4n) is 2.29. The Balaban J connectivity index is 2.09. The van der Waals surface area contributed by atoms with Gasteiger partial charge >= 0.3 is 5.97 Å². The molecule has 0 N–H and O–H groups in total. The lowest BCUT2D eigenvalue weighted by molar-refractivity contribution is -0.121. The van der Waals surface area contributed by atoms with Gasteiger partial charge in [-0.25, -0.2) is 4.79 Å². The smallest absolute Gasteiger partial charge is 0.342 e. The van der Waals surface area contributed by atoms with Crippen molar-refractivity contribution in [3.63, 3.8) is 0 Å². The number of nitrogens with zero attached hydrogens (tertiary/aromatic N) is 2. The Morgan fingerprint density at radius 3 is 2.58 bits per heavy atom. The molecule has 2 rings (SSSR count). The van der Waals surface area contributed by atoms with Crippen LogP contribution >= 0.6 is 11.6 Å². The Kier molecular flexibility index (Phi) is 7.01. The fourth-order valence-corrected chi connectivity index (χ4v) is 2.46. The van der Waals surface area contributed by atoms with Crippen molar-refractivity contribution in [3.05, 3.63) is 59.1 Å². The number of esters is 1. The van der Waals surface area contributed by atoms with Crippen molar-refractivity contribution in [2.75, 3.05) is 25.2 Å². The number of carbonyl (C=O) groups excluding carboxylic acids is 2. The summed E-state index contributed by atoms with van der Waals surface area (Å²) in [4.78, 5) is 26.2. The number of rotatable bonds is 7. The monoisotopic (exact) mass is 372 g/mol. The zero-order valence-electron chi connectivity index (χ0n) is 14.1. The molecule has 0 spiro atoms. The van der Waals surface area contributed by atoms with Gasteiger partial charge in [0, 0.05) is 17.3 Å². The second kappa shape index (κ2) is 9.44. The molecule has 0 saturated heterocycles. The van der Waals surface area contributed by atoms with Gasteiger partial charge in [0.25, 0.3) is 5.91 Å². The van der Waals surface area contributed by atoms with E-state index in [1.165, 1.54) is 18.1 Å². The first-order valence-electron chi connectivity index (χ1n) is 7.80. The van der Waals surface area contributed by atoms with Gasteiger partial charge in [0.05, 0.1) is 19.6 Å². The number of methoxy groups -OCH3 is 1. The van der Waals surface area contributed by atoms with Gasteiger partial charge in [-0.1, -0.05) is 29.8 Å². The molecule has 7 heteroatoms. The van der Waals surface area contributed by atoms with Crippen LogP contribution in [0.5, 0.6) is 5.75 Å². The third-order valence-electron chi connectivity index (χ3n) is 3.52. The van der Waals surface area contributed by atoms with Crippen LogP contribution in [0.15, 0.2) is 48.5 Å². The number of anilines is 1. The van der Waals surface area contributed by atoms with E-state index in [1.54, 1.807) is 36.4 Å². The minimum absolute atomic E-state index is 0.135. The maximum atomic E-state index is 12.5. The van der Waals surface area contributed by atoms with E-state index in [-0.39, 0.29) is 18.5 Å². The van der Waals surface area contributed by atoms with Crippen molar-refractivity contribution < 1.29 is 19.1 Å². The average Bonchev–Trinajstić information content (AvgIpc) is 2.67. The highest BCUT2D eigenvalue weighted by Gasteiger charge is 2.20. The van der Waals surface area contributed by atoms with Crippen molar-refractivity contribution >= 4 is 29.2 Å². The number of carbonyl (C=O) groups is 2. The maximum absolute atomic E-state index is 12.5. The number of nitriles is 1. The summed E-state index contributed by atoms with van der Waals surface area (Å²) in [7, 11) is 1.42. The summed E-state index contributed by atoms with van der Waals surface area (Å²) in [6, 6.07) is 15.4. The zero-order chi connectivity index (χ0) is 18.9. The summed E-state index contributed by atoms with van der Waals surface area (Å²) in [5.41, 5.74) is 0.764. The molecule has 6 nitrogen and oxygen atoms in total. The summed E-state index contributed by atoms with van der Waals surface area (Å²) in [6.07, 6.45) is 0.163. The van der Waals surface area contributed by atoms with Gasteiger partial charge in [0.15, 0.2) is 6.61 Å². The summed E-state index contributed by atoms with van der Waals surface area (Å²) >= 11 is 5.90. The number of halogens is 1. The van der Waals surface area contributed by atoms with Crippen molar-refractivity contribution in [1.29, 1.82) is 5.26 Å². The summed E-state index contributed by atoms with van der Waals surface area (Å²) in [5.74, 6) is -0.844. The summed E-state index contributed by atoms with van der Waals surface area (Å²) in [6.45, 7) is -0.258. The standard InChI is InChI=1S/C19H17ClN2O4/c1-25-17-9-8-14(20)12-16(17)19(24)26-13-18(23)22(11-5-10-21)15-6-3-2-4-7-15/h2-4,6-9,12H,5,11,13H2,1H3. The predicted octanol–water partition coefficient (Wildman–Crippen LogP) is 3.45. The van der Waals surface area contributed by atoms with E-state index in [2.05, 4.69) is 0 Å². The molecule has 0 heterocycles. The lowest BCUT2D eigenvalue weighted by atomic mass is 10.2. The second-order valence-corrected chi connectivity index (χ2v) is 5.65.